The van der Waals surface area contributed by atoms with Gasteiger partial charge < -0.3 is 0 Å². The Morgan fingerprint density at radius 3 is 1.12 bits per heavy atom. The van der Waals surface area contributed by atoms with Crippen molar-refractivity contribution in [2.75, 3.05) is 0 Å². The second kappa shape index (κ2) is 6.55. The van der Waals surface area contributed by atoms with E-state index in [2.05, 4.69) is 84.9 Å². The van der Waals surface area contributed by atoms with E-state index in [-0.39, 0.29) is 0 Å². The molecule has 0 fully saturated rings. The zero-order valence-electron chi connectivity index (χ0n) is 13.2. The molecular formula is C24H16. The van der Waals surface area contributed by atoms with Crippen molar-refractivity contribution in [1.29, 1.82) is 0 Å². The summed E-state index contributed by atoms with van der Waals surface area (Å²) < 4.78 is 0. The normalized spacial score (nSPS) is 10.5. The molecule has 0 heterocycles. The molecule has 0 atom stereocenters. The molecule has 0 saturated heterocycles. The van der Waals surface area contributed by atoms with Crippen molar-refractivity contribution in [3.63, 3.8) is 0 Å². The van der Waals surface area contributed by atoms with E-state index in [0.717, 1.165) is 11.1 Å². The molecule has 4 aromatic rings. The van der Waals surface area contributed by atoms with E-state index >= 15 is 0 Å². The third-order valence-corrected chi connectivity index (χ3v) is 4.14. The molecule has 0 unspecified atom stereocenters. The van der Waals surface area contributed by atoms with Crippen molar-refractivity contribution in [2.45, 2.75) is 0 Å². The van der Waals surface area contributed by atoms with Gasteiger partial charge in [0.25, 0.3) is 0 Å². The molecule has 0 aromatic heterocycles. The molecule has 0 spiro atoms. The highest BCUT2D eigenvalue weighted by atomic mass is 14.1. The highest BCUT2D eigenvalue weighted by Gasteiger charge is 2.11. The fourth-order valence-corrected chi connectivity index (χ4v) is 3.03. The minimum absolute atomic E-state index is 1.11. The molecule has 0 aliphatic heterocycles. The number of benzene rings is 4. The zero-order chi connectivity index (χ0) is 16.2. The minimum atomic E-state index is 1.11. The van der Waals surface area contributed by atoms with Crippen molar-refractivity contribution in [3.8, 4) is 33.4 Å². The van der Waals surface area contributed by atoms with Crippen LogP contribution in [0.5, 0.6) is 0 Å². The first-order valence-electron chi connectivity index (χ1n) is 8.06. The summed E-state index contributed by atoms with van der Waals surface area (Å²) in [7, 11) is 0. The highest BCUT2D eigenvalue weighted by molar-refractivity contribution is 5.91. The van der Waals surface area contributed by atoms with Gasteiger partial charge in [0.1, 0.15) is 0 Å². The lowest BCUT2D eigenvalue weighted by atomic mass is 9.89. The Morgan fingerprint density at radius 2 is 0.750 bits per heavy atom. The maximum Gasteiger partial charge on any atom is -0.00990 e. The Kier molecular flexibility index (Phi) is 3.95. The van der Waals surface area contributed by atoms with Crippen LogP contribution >= 0.6 is 0 Å². The molecule has 4 aromatic carbocycles. The number of hydrogen-bond donors (Lipinski definition) is 0. The average Bonchev–Trinajstić information content (AvgIpc) is 2.69. The topological polar surface area (TPSA) is 0 Å². The van der Waals surface area contributed by atoms with Gasteiger partial charge in [-0.05, 0) is 45.5 Å². The standard InChI is InChI=1S/C24H16/c1-3-11-19(12-4-1)21-15-7-9-17-23(21)24-18-10-8-16-22(24)20-13-5-2-6-14-20/h1-11,13,15-18H. The first-order chi connectivity index (χ1) is 11.9. The first kappa shape index (κ1) is 14.5. The van der Waals surface area contributed by atoms with Crippen molar-refractivity contribution in [2.24, 2.45) is 0 Å². The lowest BCUT2D eigenvalue weighted by Gasteiger charge is -2.14. The van der Waals surface area contributed by atoms with Gasteiger partial charge in [0, 0.05) is 0 Å². The van der Waals surface area contributed by atoms with Crippen molar-refractivity contribution < 1.29 is 0 Å². The molecule has 0 N–H and O–H groups in total. The predicted molar refractivity (Wildman–Crippen MR) is 100 cm³/mol. The van der Waals surface area contributed by atoms with Crippen LogP contribution in [0.3, 0.4) is 0 Å². The summed E-state index contributed by atoms with van der Waals surface area (Å²) in [6.07, 6.45) is 0. The smallest absolute Gasteiger partial charge is 0.00990 e. The van der Waals surface area contributed by atoms with Gasteiger partial charge in [-0.15, -0.1) is 0 Å². The van der Waals surface area contributed by atoms with Gasteiger partial charge in [-0.3, -0.25) is 0 Å². The molecule has 24 heavy (non-hydrogen) atoms. The summed E-state index contributed by atoms with van der Waals surface area (Å²) in [6.45, 7) is 0. The van der Waals surface area contributed by atoms with Crippen LogP contribution < -0.4 is 0 Å². The predicted octanol–water partition coefficient (Wildman–Crippen LogP) is 6.29. The Bertz CT molecular complexity index is 857. The average molecular weight is 304 g/mol. The van der Waals surface area contributed by atoms with Crippen LogP contribution in [0, 0.1) is 12.1 Å². The van der Waals surface area contributed by atoms with Crippen LogP contribution in [0.15, 0.2) is 97.1 Å². The van der Waals surface area contributed by atoms with E-state index < -0.39 is 0 Å². The molecule has 4 rings (SSSR count). The van der Waals surface area contributed by atoms with Crippen molar-refractivity contribution >= 4 is 0 Å². The lowest BCUT2D eigenvalue weighted by Crippen LogP contribution is -1.88. The third-order valence-electron chi connectivity index (χ3n) is 4.14. The Labute approximate surface area is 143 Å². The number of hydrogen-bond acceptors (Lipinski definition) is 0. The van der Waals surface area contributed by atoms with E-state index in [1.54, 1.807) is 0 Å². The monoisotopic (exact) mass is 304 g/mol. The van der Waals surface area contributed by atoms with Crippen molar-refractivity contribution in [1.82, 2.24) is 0 Å². The van der Waals surface area contributed by atoms with Gasteiger partial charge in [0.2, 0.25) is 0 Å². The van der Waals surface area contributed by atoms with Gasteiger partial charge in [-0.1, -0.05) is 97.1 Å². The fraction of sp³-hybridized carbons (Fsp3) is 0. The van der Waals surface area contributed by atoms with Gasteiger partial charge in [-0.25, -0.2) is 0 Å². The molecule has 0 nitrogen and oxygen atoms in total. The van der Waals surface area contributed by atoms with E-state index in [4.69, 9.17) is 0 Å². The SMILES string of the molecule is [c]1ccccc1-c1ccccc1-c1ccccc1-c1[c]cccc1. The van der Waals surface area contributed by atoms with E-state index in [0.29, 0.717) is 0 Å². The first-order valence-corrected chi connectivity index (χ1v) is 8.06. The molecule has 112 valence electrons. The highest BCUT2D eigenvalue weighted by Crippen LogP contribution is 2.37. The quantitative estimate of drug-likeness (QED) is 0.417. The van der Waals surface area contributed by atoms with Crippen LogP contribution in [0.25, 0.3) is 33.4 Å². The van der Waals surface area contributed by atoms with Gasteiger partial charge in [0.15, 0.2) is 0 Å². The van der Waals surface area contributed by atoms with Crippen LogP contribution in [-0.2, 0) is 0 Å². The second-order valence-electron chi connectivity index (χ2n) is 5.64. The summed E-state index contributed by atoms with van der Waals surface area (Å²) in [5.74, 6) is 0. The molecule has 0 aliphatic carbocycles. The molecule has 0 heteroatoms. The second-order valence-corrected chi connectivity index (χ2v) is 5.64. The molecule has 2 radical (unpaired) electrons. The third kappa shape index (κ3) is 2.75. The minimum Gasteiger partial charge on any atom is -0.0616 e. The largest absolute Gasteiger partial charge is 0.0616 e. The maximum absolute atomic E-state index is 3.35. The van der Waals surface area contributed by atoms with E-state index in [1.807, 2.05) is 24.3 Å². The molecule has 0 amide bonds. The molecule has 0 bridgehead atoms. The van der Waals surface area contributed by atoms with Crippen LogP contribution in [0.4, 0.5) is 0 Å². The van der Waals surface area contributed by atoms with Gasteiger partial charge >= 0.3 is 0 Å². The van der Waals surface area contributed by atoms with E-state index in [9.17, 15) is 0 Å². The summed E-state index contributed by atoms with van der Waals surface area (Å²) in [4.78, 5) is 0. The Hall–Kier alpha value is -3.12. The maximum atomic E-state index is 3.35. The van der Waals surface area contributed by atoms with Crippen LogP contribution in [0.2, 0.25) is 0 Å². The molecular weight excluding hydrogens is 288 g/mol. The van der Waals surface area contributed by atoms with Crippen molar-refractivity contribution in [3.05, 3.63) is 109 Å². The van der Waals surface area contributed by atoms with Crippen LogP contribution in [-0.4, -0.2) is 0 Å². The van der Waals surface area contributed by atoms with Crippen LogP contribution in [0.1, 0.15) is 0 Å². The fourth-order valence-electron chi connectivity index (χ4n) is 3.03. The Morgan fingerprint density at radius 1 is 0.375 bits per heavy atom. The van der Waals surface area contributed by atoms with E-state index in [1.165, 1.54) is 22.3 Å². The summed E-state index contributed by atoms with van der Waals surface area (Å²) in [5, 5.41) is 0. The lowest BCUT2D eigenvalue weighted by molar-refractivity contribution is 1.55. The molecule has 0 aliphatic rings. The van der Waals surface area contributed by atoms with Gasteiger partial charge in [0.05, 0.1) is 0 Å². The molecule has 0 saturated carbocycles. The summed E-state index contributed by atoms with van der Waals surface area (Å²) in [5.41, 5.74) is 7.04. The zero-order valence-corrected chi connectivity index (χ0v) is 13.2. The summed E-state index contributed by atoms with van der Waals surface area (Å²) >= 11 is 0. The van der Waals surface area contributed by atoms with Gasteiger partial charge in [-0.2, -0.15) is 0 Å². The number of rotatable bonds is 3. The Balaban J connectivity index is 1.93. The summed E-state index contributed by atoms with van der Waals surface area (Å²) in [6, 6.07) is 40.0.